The predicted molar refractivity (Wildman–Crippen MR) is 61.3 cm³/mol. The molecule has 6 heteroatoms. The van der Waals surface area contributed by atoms with Gasteiger partial charge in [-0.1, -0.05) is 0 Å². The van der Waals surface area contributed by atoms with E-state index in [1.54, 1.807) is 14.1 Å². The number of amides is 3. The van der Waals surface area contributed by atoms with Crippen LogP contribution in [0.2, 0.25) is 0 Å². The molecule has 0 radical (unpaired) electrons. The SMILES string of the molecule is CN(C)C(=O)CN1C(=O)[C@H]2CC(=O)CC[C@H]2C1=O. The zero-order valence-corrected chi connectivity index (χ0v) is 10.5. The number of carbonyl (C=O) groups is 4. The van der Waals surface area contributed by atoms with Crippen LogP contribution in [0, 0.1) is 11.8 Å². The lowest BCUT2D eigenvalue weighted by molar-refractivity contribution is -0.145. The highest BCUT2D eigenvalue weighted by Gasteiger charge is 2.50. The standard InChI is InChI=1S/C12H16N2O4/c1-13(2)10(16)6-14-11(17)8-4-3-7(15)5-9(8)12(14)18/h8-9H,3-6H2,1-2H3/t8-,9+/m1/s1. The van der Waals surface area contributed by atoms with Crippen LogP contribution in [-0.2, 0) is 19.2 Å². The van der Waals surface area contributed by atoms with Crippen molar-refractivity contribution in [2.24, 2.45) is 11.8 Å². The first-order valence-electron chi connectivity index (χ1n) is 5.99. The van der Waals surface area contributed by atoms with Crippen LogP contribution in [0.3, 0.4) is 0 Å². The molecule has 18 heavy (non-hydrogen) atoms. The maximum atomic E-state index is 12.0. The molecule has 0 aromatic heterocycles. The number of Topliss-reactive ketones (excluding diaryl/α,β-unsaturated/α-hetero) is 1. The Morgan fingerprint density at radius 2 is 1.83 bits per heavy atom. The molecule has 1 aliphatic carbocycles. The van der Waals surface area contributed by atoms with Crippen molar-refractivity contribution in [3.63, 3.8) is 0 Å². The van der Waals surface area contributed by atoms with Crippen molar-refractivity contribution in [2.45, 2.75) is 19.3 Å². The summed E-state index contributed by atoms with van der Waals surface area (Å²) in [4.78, 5) is 49.3. The first-order chi connectivity index (χ1) is 8.41. The van der Waals surface area contributed by atoms with Crippen molar-refractivity contribution in [2.75, 3.05) is 20.6 Å². The molecule has 1 aliphatic heterocycles. The van der Waals surface area contributed by atoms with Crippen molar-refractivity contribution in [1.29, 1.82) is 0 Å². The molecule has 3 amide bonds. The molecular weight excluding hydrogens is 236 g/mol. The van der Waals surface area contributed by atoms with Gasteiger partial charge in [-0.3, -0.25) is 24.1 Å². The van der Waals surface area contributed by atoms with E-state index in [1.807, 2.05) is 0 Å². The lowest BCUT2D eigenvalue weighted by Crippen LogP contribution is -2.40. The largest absolute Gasteiger partial charge is 0.347 e. The number of ketones is 1. The van der Waals surface area contributed by atoms with E-state index in [0.29, 0.717) is 12.8 Å². The number of carbonyl (C=O) groups excluding carboxylic acids is 4. The zero-order valence-electron chi connectivity index (χ0n) is 10.5. The fourth-order valence-corrected chi connectivity index (χ4v) is 2.50. The van der Waals surface area contributed by atoms with Crippen LogP contribution in [0.15, 0.2) is 0 Å². The lowest BCUT2D eigenvalue weighted by atomic mass is 9.80. The van der Waals surface area contributed by atoms with Crippen LogP contribution < -0.4 is 0 Å². The first kappa shape index (κ1) is 12.7. The van der Waals surface area contributed by atoms with Gasteiger partial charge in [-0.15, -0.1) is 0 Å². The normalized spacial score (nSPS) is 27.4. The van der Waals surface area contributed by atoms with Gasteiger partial charge in [0.15, 0.2) is 0 Å². The van der Waals surface area contributed by atoms with E-state index < -0.39 is 11.8 Å². The molecule has 0 bridgehead atoms. The Morgan fingerprint density at radius 1 is 1.22 bits per heavy atom. The molecule has 0 spiro atoms. The van der Waals surface area contributed by atoms with Gasteiger partial charge >= 0.3 is 0 Å². The van der Waals surface area contributed by atoms with Crippen LogP contribution >= 0.6 is 0 Å². The maximum Gasteiger partial charge on any atom is 0.242 e. The number of imide groups is 1. The average Bonchev–Trinajstić information content (AvgIpc) is 2.54. The van der Waals surface area contributed by atoms with E-state index in [9.17, 15) is 19.2 Å². The zero-order chi connectivity index (χ0) is 13.4. The maximum absolute atomic E-state index is 12.0. The minimum absolute atomic E-state index is 0.0261. The molecule has 6 nitrogen and oxygen atoms in total. The number of fused-ring (bicyclic) bond motifs is 1. The number of likely N-dealkylation sites (tertiary alicyclic amines) is 1. The Bertz CT molecular complexity index is 430. The second-order valence-corrected chi connectivity index (χ2v) is 5.05. The minimum Gasteiger partial charge on any atom is -0.347 e. The van der Waals surface area contributed by atoms with Gasteiger partial charge in [0.25, 0.3) is 0 Å². The minimum atomic E-state index is -0.534. The molecule has 2 atom stereocenters. The number of hydrogen-bond donors (Lipinski definition) is 0. The number of rotatable bonds is 2. The van der Waals surface area contributed by atoms with Crippen molar-refractivity contribution < 1.29 is 19.2 Å². The van der Waals surface area contributed by atoms with E-state index in [4.69, 9.17) is 0 Å². The van der Waals surface area contributed by atoms with Gasteiger partial charge in [-0.2, -0.15) is 0 Å². The summed E-state index contributed by atoms with van der Waals surface area (Å²) in [6.07, 6.45) is 0.929. The first-order valence-corrected chi connectivity index (χ1v) is 5.99. The van der Waals surface area contributed by atoms with Crippen LogP contribution in [-0.4, -0.2) is 53.9 Å². The Labute approximate surface area is 105 Å². The lowest BCUT2D eigenvalue weighted by Gasteiger charge is -2.18. The highest BCUT2D eigenvalue weighted by Crippen LogP contribution is 2.36. The Hall–Kier alpha value is -1.72. The predicted octanol–water partition coefficient (Wildman–Crippen LogP) is -0.571. The monoisotopic (exact) mass is 252 g/mol. The van der Waals surface area contributed by atoms with Crippen molar-refractivity contribution in [1.82, 2.24) is 9.80 Å². The van der Waals surface area contributed by atoms with Gasteiger partial charge in [0.05, 0.1) is 11.8 Å². The van der Waals surface area contributed by atoms with Gasteiger partial charge in [0, 0.05) is 26.9 Å². The summed E-state index contributed by atoms with van der Waals surface area (Å²) < 4.78 is 0. The molecular formula is C12H16N2O4. The van der Waals surface area contributed by atoms with Crippen molar-refractivity contribution >= 4 is 23.5 Å². The van der Waals surface area contributed by atoms with E-state index in [0.717, 1.165) is 4.90 Å². The topological polar surface area (TPSA) is 74.8 Å². The Morgan fingerprint density at radius 3 is 2.44 bits per heavy atom. The average molecular weight is 252 g/mol. The van der Waals surface area contributed by atoms with Gasteiger partial charge in [-0.25, -0.2) is 0 Å². The summed E-state index contributed by atoms with van der Waals surface area (Å²) in [5, 5.41) is 0. The van der Waals surface area contributed by atoms with Crippen LogP contribution in [0.1, 0.15) is 19.3 Å². The molecule has 2 rings (SSSR count). The second kappa shape index (κ2) is 4.51. The van der Waals surface area contributed by atoms with Crippen LogP contribution in [0.5, 0.6) is 0 Å². The summed E-state index contributed by atoms with van der Waals surface area (Å²) in [7, 11) is 3.15. The summed E-state index contributed by atoms with van der Waals surface area (Å²) >= 11 is 0. The molecule has 2 fully saturated rings. The molecule has 0 aromatic rings. The Balaban J connectivity index is 2.14. The fourth-order valence-electron chi connectivity index (χ4n) is 2.50. The third kappa shape index (κ3) is 2.02. The molecule has 0 N–H and O–H groups in total. The molecule has 1 heterocycles. The van der Waals surface area contributed by atoms with Crippen LogP contribution in [0.25, 0.3) is 0 Å². The van der Waals surface area contributed by atoms with Gasteiger partial charge in [-0.05, 0) is 6.42 Å². The van der Waals surface area contributed by atoms with E-state index in [2.05, 4.69) is 0 Å². The quantitative estimate of drug-likeness (QED) is 0.617. The fraction of sp³-hybridized carbons (Fsp3) is 0.667. The van der Waals surface area contributed by atoms with Crippen LogP contribution in [0.4, 0.5) is 0 Å². The Kier molecular flexibility index (Phi) is 3.19. The molecule has 98 valence electrons. The molecule has 2 aliphatic rings. The summed E-state index contributed by atoms with van der Waals surface area (Å²) in [5.74, 6) is -1.86. The summed E-state index contributed by atoms with van der Waals surface area (Å²) in [6.45, 7) is -0.216. The molecule has 1 saturated carbocycles. The van der Waals surface area contributed by atoms with E-state index >= 15 is 0 Å². The van der Waals surface area contributed by atoms with E-state index in [1.165, 1.54) is 4.90 Å². The third-order valence-corrected chi connectivity index (χ3v) is 3.63. The smallest absolute Gasteiger partial charge is 0.242 e. The molecule has 1 saturated heterocycles. The molecule has 0 aromatic carbocycles. The molecule has 0 unspecified atom stereocenters. The number of likely N-dealkylation sites (N-methyl/N-ethyl adjacent to an activating group) is 1. The third-order valence-electron chi connectivity index (χ3n) is 3.63. The number of hydrogen-bond acceptors (Lipinski definition) is 4. The summed E-state index contributed by atoms with van der Waals surface area (Å²) in [6, 6.07) is 0. The van der Waals surface area contributed by atoms with Crippen molar-refractivity contribution in [3.8, 4) is 0 Å². The highest BCUT2D eigenvalue weighted by atomic mass is 16.2. The second-order valence-electron chi connectivity index (χ2n) is 5.05. The van der Waals surface area contributed by atoms with Gasteiger partial charge in [0.1, 0.15) is 12.3 Å². The highest BCUT2D eigenvalue weighted by molar-refractivity contribution is 6.09. The summed E-state index contributed by atoms with van der Waals surface area (Å²) in [5.41, 5.74) is 0. The van der Waals surface area contributed by atoms with Crippen molar-refractivity contribution in [3.05, 3.63) is 0 Å². The number of nitrogens with zero attached hydrogens (tertiary/aromatic N) is 2. The van der Waals surface area contributed by atoms with E-state index in [-0.39, 0.29) is 36.5 Å². The van der Waals surface area contributed by atoms with Gasteiger partial charge < -0.3 is 4.90 Å². The van der Waals surface area contributed by atoms with Gasteiger partial charge in [0.2, 0.25) is 17.7 Å².